The maximum atomic E-state index is 12.5. The fourth-order valence-electron chi connectivity index (χ4n) is 1.19. The molecule has 1 nitrogen and oxygen atoms in total. The van der Waals surface area contributed by atoms with E-state index >= 15 is 0 Å². The van der Waals surface area contributed by atoms with E-state index in [1.807, 2.05) is 0 Å². The maximum Gasteiger partial charge on any atom is 0.454 e. The number of alkyl halides is 6. The molecule has 1 aromatic rings. The van der Waals surface area contributed by atoms with Crippen LogP contribution in [0.1, 0.15) is 15.9 Å². The number of halogens is 8. The van der Waals surface area contributed by atoms with Gasteiger partial charge in [-0.25, -0.2) is 0 Å². The monoisotopic (exact) mass is 310 g/mol. The smallest absolute Gasteiger partial charge is 0.284 e. The van der Waals surface area contributed by atoms with Crippen molar-refractivity contribution >= 4 is 29.0 Å². The SMILES string of the molecule is O=C(c1cc(Cl)cc(Cl)c1C(F)(F)F)C(F)(F)F. The minimum atomic E-state index is -5.45. The molecule has 0 saturated heterocycles. The molecule has 0 spiro atoms. The molecule has 0 unspecified atom stereocenters. The fraction of sp³-hybridized carbons (Fsp3) is 0.222. The third-order valence-corrected chi connectivity index (χ3v) is 2.36. The number of rotatable bonds is 1. The molecule has 0 aliphatic rings. The van der Waals surface area contributed by atoms with Crippen molar-refractivity contribution in [1.82, 2.24) is 0 Å². The summed E-state index contributed by atoms with van der Waals surface area (Å²) in [5.74, 6) is -2.65. The standard InChI is InChI=1S/C9H2Cl2F6O/c10-3-1-4(7(18)9(15,16)17)6(5(11)2-3)8(12,13)14/h1-2H. The molecule has 0 aliphatic heterocycles. The molecule has 0 saturated carbocycles. The van der Waals surface area contributed by atoms with Gasteiger partial charge in [0.2, 0.25) is 0 Å². The zero-order valence-electron chi connectivity index (χ0n) is 8.09. The third-order valence-electron chi connectivity index (χ3n) is 1.84. The largest absolute Gasteiger partial charge is 0.454 e. The van der Waals surface area contributed by atoms with Gasteiger partial charge in [0.1, 0.15) is 0 Å². The van der Waals surface area contributed by atoms with Crippen LogP contribution in [0.25, 0.3) is 0 Å². The van der Waals surface area contributed by atoms with E-state index in [0.717, 1.165) is 0 Å². The molecule has 18 heavy (non-hydrogen) atoms. The Hall–Kier alpha value is -0.950. The zero-order valence-corrected chi connectivity index (χ0v) is 9.60. The molecule has 100 valence electrons. The van der Waals surface area contributed by atoms with Crippen LogP contribution in [0, 0.1) is 0 Å². The number of hydrogen-bond acceptors (Lipinski definition) is 1. The summed E-state index contributed by atoms with van der Waals surface area (Å²) in [4.78, 5) is 10.9. The summed E-state index contributed by atoms with van der Waals surface area (Å²) in [5.41, 5.74) is -3.47. The number of carbonyl (C=O) groups is 1. The van der Waals surface area contributed by atoms with Gasteiger partial charge in [0.15, 0.2) is 0 Å². The highest BCUT2D eigenvalue weighted by Crippen LogP contribution is 2.40. The predicted octanol–water partition coefficient (Wildman–Crippen LogP) is 4.76. The van der Waals surface area contributed by atoms with Crippen LogP contribution in [0.4, 0.5) is 26.3 Å². The van der Waals surface area contributed by atoms with E-state index in [2.05, 4.69) is 0 Å². The lowest BCUT2D eigenvalue weighted by Gasteiger charge is -2.15. The Morgan fingerprint density at radius 3 is 1.89 bits per heavy atom. The first-order valence-electron chi connectivity index (χ1n) is 4.12. The molecule has 1 rings (SSSR count). The first kappa shape index (κ1) is 15.1. The Kier molecular flexibility index (Phi) is 3.88. The van der Waals surface area contributed by atoms with Gasteiger partial charge in [0.05, 0.1) is 10.6 Å². The average molecular weight is 311 g/mol. The van der Waals surface area contributed by atoms with Crippen molar-refractivity contribution in [3.8, 4) is 0 Å². The predicted molar refractivity (Wildman–Crippen MR) is 51.8 cm³/mol. The van der Waals surface area contributed by atoms with E-state index in [0.29, 0.717) is 6.07 Å². The normalized spacial score (nSPS) is 12.7. The second kappa shape index (κ2) is 4.62. The van der Waals surface area contributed by atoms with Crippen molar-refractivity contribution in [1.29, 1.82) is 0 Å². The van der Waals surface area contributed by atoms with Crippen LogP contribution in [0.15, 0.2) is 12.1 Å². The van der Waals surface area contributed by atoms with Crippen LogP contribution in [0.3, 0.4) is 0 Å². The Labute approximate surface area is 106 Å². The number of carbonyl (C=O) groups excluding carboxylic acids is 1. The van der Waals surface area contributed by atoms with Gasteiger partial charge in [0, 0.05) is 10.6 Å². The summed E-state index contributed by atoms with van der Waals surface area (Å²) < 4.78 is 74.1. The fourth-order valence-corrected chi connectivity index (χ4v) is 1.79. The van der Waals surface area contributed by atoms with Crippen LogP contribution in [-0.4, -0.2) is 12.0 Å². The Morgan fingerprint density at radius 2 is 1.50 bits per heavy atom. The van der Waals surface area contributed by atoms with Crippen molar-refractivity contribution < 1.29 is 31.1 Å². The molecule has 0 N–H and O–H groups in total. The number of ketones is 1. The topological polar surface area (TPSA) is 17.1 Å². The second-order valence-electron chi connectivity index (χ2n) is 3.13. The molecule has 0 radical (unpaired) electrons. The number of benzene rings is 1. The van der Waals surface area contributed by atoms with E-state index in [-0.39, 0.29) is 6.07 Å². The summed E-state index contributed by atoms with van der Waals surface area (Å²) in [5, 5.41) is -1.57. The summed E-state index contributed by atoms with van der Waals surface area (Å²) in [6, 6.07) is 0.894. The van der Waals surface area contributed by atoms with Gasteiger partial charge in [-0.1, -0.05) is 23.2 Å². The summed E-state index contributed by atoms with van der Waals surface area (Å²) in [6.07, 6.45) is -10.6. The molecule has 1 aromatic carbocycles. The van der Waals surface area contributed by atoms with Gasteiger partial charge in [-0.15, -0.1) is 0 Å². The summed E-state index contributed by atoms with van der Waals surface area (Å²) >= 11 is 10.5. The minimum Gasteiger partial charge on any atom is -0.284 e. The third kappa shape index (κ3) is 3.08. The van der Waals surface area contributed by atoms with E-state index in [9.17, 15) is 31.1 Å². The number of hydrogen-bond donors (Lipinski definition) is 0. The second-order valence-corrected chi connectivity index (χ2v) is 3.98. The number of Topliss-reactive ketones (excluding diaryl/α,β-unsaturated/α-hetero) is 1. The Morgan fingerprint density at radius 1 is 1.00 bits per heavy atom. The average Bonchev–Trinajstić information content (AvgIpc) is 2.11. The highest BCUT2D eigenvalue weighted by molar-refractivity contribution is 6.36. The van der Waals surface area contributed by atoms with E-state index < -0.39 is 39.3 Å². The summed E-state index contributed by atoms with van der Waals surface area (Å²) in [6.45, 7) is 0. The van der Waals surface area contributed by atoms with Crippen molar-refractivity contribution in [2.75, 3.05) is 0 Å². The van der Waals surface area contributed by atoms with Crippen LogP contribution in [0.5, 0.6) is 0 Å². The molecule has 0 fully saturated rings. The highest BCUT2D eigenvalue weighted by atomic mass is 35.5. The van der Waals surface area contributed by atoms with Crippen molar-refractivity contribution in [3.63, 3.8) is 0 Å². The molecule has 0 heterocycles. The zero-order chi connectivity index (χ0) is 14.3. The van der Waals surface area contributed by atoms with Gasteiger partial charge in [-0.05, 0) is 12.1 Å². The lowest BCUT2D eigenvalue weighted by Crippen LogP contribution is -2.26. The van der Waals surface area contributed by atoms with E-state index in [4.69, 9.17) is 23.2 Å². The van der Waals surface area contributed by atoms with Crippen LogP contribution < -0.4 is 0 Å². The van der Waals surface area contributed by atoms with Crippen LogP contribution in [0.2, 0.25) is 10.0 Å². The quantitative estimate of drug-likeness (QED) is 0.540. The van der Waals surface area contributed by atoms with E-state index in [1.165, 1.54) is 0 Å². The maximum absolute atomic E-state index is 12.5. The van der Waals surface area contributed by atoms with Crippen molar-refractivity contribution in [2.45, 2.75) is 12.4 Å². The lowest BCUT2D eigenvalue weighted by atomic mass is 10.0. The summed E-state index contributed by atoms with van der Waals surface area (Å²) in [7, 11) is 0. The van der Waals surface area contributed by atoms with Gasteiger partial charge in [-0.3, -0.25) is 4.79 Å². The van der Waals surface area contributed by atoms with Crippen LogP contribution in [-0.2, 0) is 6.18 Å². The molecule has 0 amide bonds. The molecule has 0 aromatic heterocycles. The van der Waals surface area contributed by atoms with Gasteiger partial charge >= 0.3 is 12.4 Å². The van der Waals surface area contributed by atoms with Crippen molar-refractivity contribution in [2.24, 2.45) is 0 Å². The molecule has 0 aliphatic carbocycles. The van der Waals surface area contributed by atoms with Gasteiger partial charge in [-0.2, -0.15) is 26.3 Å². The molecule has 9 heteroatoms. The first-order valence-corrected chi connectivity index (χ1v) is 4.88. The van der Waals surface area contributed by atoms with Crippen molar-refractivity contribution in [3.05, 3.63) is 33.3 Å². The molecule has 0 bridgehead atoms. The molecular formula is C9H2Cl2F6O. The van der Waals surface area contributed by atoms with Gasteiger partial charge in [0.25, 0.3) is 5.78 Å². The molecular weight excluding hydrogens is 309 g/mol. The lowest BCUT2D eigenvalue weighted by molar-refractivity contribution is -0.138. The van der Waals surface area contributed by atoms with Gasteiger partial charge < -0.3 is 0 Å². The Bertz CT molecular complexity index is 491. The van der Waals surface area contributed by atoms with E-state index in [1.54, 1.807) is 0 Å². The minimum absolute atomic E-state index is 0.284. The first-order chi connectivity index (χ1) is 7.94. The van der Waals surface area contributed by atoms with Crippen LogP contribution >= 0.6 is 23.2 Å². The highest BCUT2D eigenvalue weighted by Gasteiger charge is 2.46. The molecule has 0 atom stereocenters. The Balaban J connectivity index is 3.57.